The number of guanidine groups is 1. The number of hydrogen-bond donors (Lipinski definition) is 1. The number of aryl methyl sites for hydroxylation is 1. The second kappa shape index (κ2) is 8.90. The van der Waals surface area contributed by atoms with Crippen LogP contribution in [0.3, 0.4) is 0 Å². The average Bonchev–Trinajstić information content (AvgIpc) is 3.23. The summed E-state index contributed by atoms with van der Waals surface area (Å²) in [6.45, 7) is 8.43. The van der Waals surface area contributed by atoms with Crippen molar-refractivity contribution in [2.75, 3.05) is 33.4 Å². The highest BCUT2D eigenvalue weighted by molar-refractivity contribution is 9.10. The van der Waals surface area contributed by atoms with Gasteiger partial charge in [-0.25, -0.2) is 0 Å². The molecular formula is C18H31BrN4O. The van der Waals surface area contributed by atoms with Crippen LogP contribution in [0.4, 0.5) is 0 Å². The van der Waals surface area contributed by atoms with E-state index in [-0.39, 0.29) is 0 Å². The van der Waals surface area contributed by atoms with E-state index in [2.05, 4.69) is 70.9 Å². The van der Waals surface area contributed by atoms with Gasteiger partial charge < -0.3 is 19.5 Å². The van der Waals surface area contributed by atoms with Gasteiger partial charge in [0.05, 0.1) is 6.54 Å². The SMILES string of the molecule is CCNC(=NCC1(CCOCC)CC1)N(C)Cc1cc(Br)cn1C. The molecule has 0 atom stereocenters. The van der Waals surface area contributed by atoms with E-state index in [1.807, 2.05) is 0 Å². The summed E-state index contributed by atoms with van der Waals surface area (Å²) in [7, 11) is 4.17. The number of halogens is 1. The van der Waals surface area contributed by atoms with Gasteiger partial charge in [-0.3, -0.25) is 4.99 Å². The standard InChI is InChI=1S/C18H31BrN4O/c1-5-20-17(21-14-18(7-8-18)9-10-24-6-2)23(4)13-16-11-15(19)12-22(16)3/h11-12H,5-10,13-14H2,1-4H3,(H,20,21). The molecule has 1 saturated carbocycles. The number of ether oxygens (including phenoxy) is 1. The number of nitrogens with zero attached hydrogens (tertiary/aromatic N) is 3. The molecule has 0 spiro atoms. The summed E-state index contributed by atoms with van der Waals surface area (Å²) in [5, 5.41) is 3.42. The van der Waals surface area contributed by atoms with E-state index in [0.29, 0.717) is 5.41 Å². The normalized spacial score (nSPS) is 16.3. The van der Waals surface area contributed by atoms with Crippen molar-refractivity contribution in [1.29, 1.82) is 0 Å². The minimum absolute atomic E-state index is 0.380. The summed E-state index contributed by atoms with van der Waals surface area (Å²) in [5.74, 6) is 0.984. The molecule has 1 N–H and O–H groups in total. The molecule has 0 bridgehead atoms. The zero-order valence-corrected chi connectivity index (χ0v) is 17.0. The van der Waals surface area contributed by atoms with Gasteiger partial charge in [0, 0.05) is 56.8 Å². The van der Waals surface area contributed by atoms with Gasteiger partial charge in [-0.15, -0.1) is 0 Å². The molecule has 24 heavy (non-hydrogen) atoms. The zero-order valence-electron chi connectivity index (χ0n) is 15.4. The molecule has 0 unspecified atom stereocenters. The number of aromatic nitrogens is 1. The Morgan fingerprint density at radius 3 is 2.75 bits per heavy atom. The van der Waals surface area contributed by atoms with Gasteiger partial charge in [0.25, 0.3) is 0 Å². The molecule has 136 valence electrons. The molecule has 0 saturated heterocycles. The van der Waals surface area contributed by atoms with Gasteiger partial charge >= 0.3 is 0 Å². The lowest BCUT2D eigenvalue weighted by Crippen LogP contribution is -2.39. The molecule has 0 aromatic carbocycles. The molecule has 0 radical (unpaired) electrons. The zero-order chi connectivity index (χ0) is 17.6. The molecular weight excluding hydrogens is 368 g/mol. The van der Waals surface area contributed by atoms with E-state index in [1.54, 1.807) is 0 Å². The van der Waals surface area contributed by atoms with E-state index < -0.39 is 0 Å². The number of hydrogen-bond acceptors (Lipinski definition) is 2. The van der Waals surface area contributed by atoms with E-state index in [4.69, 9.17) is 9.73 Å². The van der Waals surface area contributed by atoms with Crippen molar-refractivity contribution in [3.05, 3.63) is 22.4 Å². The van der Waals surface area contributed by atoms with Gasteiger partial charge in [0.15, 0.2) is 5.96 Å². The minimum Gasteiger partial charge on any atom is -0.382 e. The smallest absolute Gasteiger partial charge is 0.194 e. The van der Waals surface area contributed by atoms with Gasteiger partial charge in [0.2, 0.25) is 0 Å². The van der Waals surface area contributed by atoms with Crippen LogP contribution in [0.25, 0.3) is 0 Å². The molecule has 1 heterocycles. The monoisotopic (exact) mass is 398 g/mol. The minimum atomic E-state index is 0.380. The maximum Gasteiger partial charge on any atom is 0.194 e. The van der Waals surface area contributed by atoms with E-state index in [9.17, 15) is 0 Å². The molecule has 1 aliphatic rings. The molecule has 1 aromatic rings. The summed E-state index contributed by atoms with van der Waals surface area (Å²) < 4.78 is 8.79. The Morgan fingerprint density at radius 1 is 1.46 bits per heavy atom. The van der Waals surface area contributed by atoms with Crippen LogP contribution in [-0.2, 0) is 18.3 Å². The second-order valence-corrected chi connectivity index (χ2v) is 7.65. The highest BCUT2D eigenvalue weighted by atomic mass is 79.9. The molecule has 6 heteroatoms. The Hall–Kier alpha value is -1.01. The predicted octanol–water partition coefficient (Wildman–Crippen LogP) is 3.39. The number of nitrogens with one attached hydrogen (secondary N) is 1. The molecule has 1 aliphatic carbocycles. The summed E-state index contributed by atoms with van der Waals surface area (Å²) in [5.41, 5.74) is 1.64. The quantitative estimate of drug-likeness (QED) is 0.393. The van der Waals surface area contributed by atoms with Crippen LogP contribution in [-0.4, -0.2) is 48.8 Å². The van der Waals surface area contributed by atoms with Gasteiger partial charge in [0.1, 0.15) is 0 Å². The first-order valence-corrected chi connectivity index (χ1v) is 9.67. The van der Waals surface area contributed by atoms with Crippen LogP contribution in [0.5, 0.6) is 0 Å². The maximum atomic E-state index is 5.52. The van der Waals surface area contributed by atoms with Crippen LogP contribution >= 0.6 is 15.9 Å². The van der Waals surface area contributed by atoms with E-state index >= 15 is 0 Å². The summed E-state index contributed by atoms with van der Waals surface area (Å²) in [6.07, 6.45) is 5.76. The first-order chi connectivity index (χ1) is 11.5. The highest BCUT2D eigenvalue weighted by Crippen LogP contribution is 2.49. The lowest BCUT2D eigenvalue weighted by molar-refractivity contribution is 0.129. The summed E-state index contributed by atoms with van der Waals surface area (Å²) in [6, 6.07) is 2.16. The van der Waals surface area contributed by atoms with Crippen molar-refractivity contribution in [3.63, 3.8) is 0 Å². The van der Waals surface area contributed by atoms with Crippen LogP contribution in [0, 0.1) is 5.41 Å². The second-order valence-electron chi connectivity index (χ2n) is 6.73. The predicted molar refractivity (Wildman–Crippen MR) is 103 cm³/mol. The van der Waals surface area contributed by atoms with Crippen molar-refractivity contribution in [2.24, 2.45) is 17.5 Å². The van der Waals surface area contributed by atoms with Crippen molar-refractivity contribution < 1.29 is 4.74 Å². The Bertz CT molecular complexity index is 551. The topological polar surface area (TPSA) is 41.8 Å². The van der Waals surface area contributed by atoms with Crippen molar-refractivity contribution in [2.45, 2.75) is 39.7 Å². The summed E-state index contributed by atoms with van der Waals surface area (Å²) in [4.78, 5) is 7.11. The lowest BCUT2D eigenvalue weighted by Gasteiger charge is -2.23. The average molecular weight is 399 g/mol. The molecule has 1 aromatic heterocycles. The Labute approximate surface area is 154 Å². The van der Waals surface area contributed by atoms with Crippen molar-refractivity contribution in [1.82, 2.24) is 14.8 Å². The fourth-order valence-corrected chi connectivity index (χ4v) is 3.42. The Balaban J connectivity index is 1.95. The van der Waals surface area contributed by atoms with Gasteiger partial charge in [-0.05, 0) is 60.5 Å². The van der Waals surface area contributed by atoms with Crippen LogP contribution < -0.4 is 5.32 Å². The van der Waals surface area contributed by atoms with Crippen molar-refractivity contribution in [3.8, 4) is 0 Å². The third-order valence-corrected chi connectivity index (χ3v) is 5.11. The highest BCUT2D eigenvalue weighted by Gasteiger charge is 2.42. The van der Waals surface area contributed by atoms with Crippen LogP contribution in [0.15, 0.2) is 21.7 Å². The van der Waals surface area contributed by atoms with Gasteiger partial charge in [-0.1, -0.05) is 0 Å². The molecule has 5 nitrogen and oxygen atoms in total. The number of rotatable bonds is 9. The maximum absolute atomic E-state index is 5.52. The number of aliphatic imine (C=N–C) groups is 1. The van der Waals surface area contributed by atoms with Crippen LogP contribution in [0.1, 0.15) is 38.8 Å². The molecule has 0 amide bonds. The first-order valence-electron chi connectivity index (χ1n) is 8.87. The van der Waals surface area contributed by atoms with Gasteiger partial charge in [-0.2, -0.15) is 0 Å². The third-order valence-electron chi connectivity index (χ3n) is 4.67. The van der Waals surface area contributed by atoms with E-state index in [1.165, 1.54) is 18.5 Å². The summed E-state index contributed by atoms with van der Waals surface area (Å²) >= 11 is 3.54. The van der Waals surface area contributed by atoms with Crippen molar-refractivity contribution >= 4 is 21.9 Å². The largest absolute Gasteiger partial charge is 0.382 e. The van der Waals surface area contributed by atoms with Crippen LogP contribution in [0.2, 0.25) is 0 Å². The molecule has 2 rings (SSSR count). The third kappa shape index (κ3) is 5.52. The Kier molecular flexibility index (Phi) is 7.16. The fourth-order valence-electron chi connectivity index (χ4n) is 2.85. The lowest BCUT2D eigenvalue weighted by atomic mass is 10.0. The Morgan fingerprint density at radius 2 is 2.21 bits per heavy atom. The molecule has 1 fully saturated rings. The fraction of sp³-hybridized carbons (Fsp3) is 0.722. The first kappa shape index (κ1) is 19.3. The van der Waals surface area contributed by atoms with E-state index in [0.717, 1.165) is 49.7 Å². The molecule has 0 aliphatic heterocycles.